The number of hydrogen-bond donors (Lipinski definition) is 2. The predicted molar refractivity (Wildman–Crippen MR) is 64.7 cm³/mol. The molecule has 98 valence electrons. The molecule has 0 unspecified atom stereocenters. The van der Waals surface area contributed by atoms with E-state index in [-0.39, 0.29) is 17.7 Å². The topological polar surface area (TPSA) is 69.6 Å². The molecule has 0 atom stereocenters. The molecule has 0 bridgehead atoms. The fourth-order valence-corrected chi connectivity index (χ4v) is 2.39. The number of aliphatic carboxylic acids is 1. The van der Waals surface area contributed by atoms with E-state index in [0.29, 0.717) is 6.54 Å². The van der Waals surface area contributed by atoms with Crippen molar-refractivity contribution in [1.82, 2.24) is 10.2 Å². The van der Waals surface area contributed by atoms with E-state index in [1.165, 1.54) is 0 Å². The Hall–Kier alpha value is -1.10. The van der Waals surface area contributed by atoms with Crippen molar-refractivity contribution >= 4 is 11.9 Å². The van der Waals surface area contributed by atoms with Gasteiger partial charge in [-0.3, -0.25) is 9.59 Å². The molecule has 0 radical (unpaired) electrons. The van der Waals surface area contributed by atoms with Gasteiger partial charge in [0.15, 0.2) is 0 Å². The summed E-state index contributed by atoms with van der Waals surface area (Å²) in [5, 5.41) is 11.9. The quantitative estimate of drug-likeness (QED) is 0.744. The van der Waals surface area contributed by atoms with Crippen LogP contribution in [-0.2, 0) is 9.59 Å². The van der Waals surface area contributed by atoms with Gasteiger partial charge in [-0.05, 0) is 32.4 Å². The molecule has 0 spiro atoms. The van der Waals surface area contributed by atoms with Crippen molar-refractivity contribution in [2.75, 3.05) is 26.7 Å². The lowest BCUT2D eigenvalue weighted by Gasteiger charge is -2.38. The summed E-state index contributed by atoms with van der Waals surface area (Å²) < 4.78 is 0. The Morgan fingerprint density at radius 1 is 1.35 bits per heavy atom. The van der Waals surface area contributed by atoms with E-state index in [2.05, 4.69) is 5.32 Å². The second kappa shape index (κ2) is 6.00. The number of amides is 1. The van der Waals surface area contributed by atoms with Gasteiger partial charge in [0.1, 0.15) is 0 Å². The van der Waals surface area contributed by atoms with E-state index in [1.807, 2.05) is 6.92 Å². The molecule has 17 heavy (non-hydrogen) atoms. The highest BCUT2D eigenvalue weighted by Crippen LogP contribution is 2.34. The summed E-state index contributed by atoms with van der Waals surface area (Å²) in [6, 6.07) is 0. The number of piperidine rings is 1. The van der Waals surface area contributed by atoms with Crippen molar-refractivity contribution in [2.45, 2.75) is 32.6 Å². The number of nitrogens with zero attached hydrogens (tertiary/aromatic N) is 1. The molecule has 2 N–H and O–H groups in total. The third-order valence-corrected chi connectivity index (χ3v) is 3.70. The van der Waals surface area contributed by atoms with E-state index in [1.54, 1.807) is 11.9 Å². The van der Waals surface area contributed by atoms with Crippen LogP contribution in [0.25, 0.3) is 0 Å². The Morgan fingerprint density at radius 2 is 1.94 bits per heavy atom. The maximum absolute atomic E-state index is 12.4. The Morgan fingerprint density at radius 3 is 2.41 bits per heavy atom. The van der Waals surface area contributed by atoms with Gasteiger partial charge in [-0.2, -0.15) is 0 Å². The summed E-state index contributed by atoms with van der Waals surface area (Å²) in [7, 11) is 1.70. The van der Waals surface area contributed by atoms with Gasteiger partial charge in [0.2, 0.25) is 5.91 Å². The third-order valence-electron chi connectivity index (χ3n) is 3.70. The Kier molecular flexibility index (Phi) is 4.93. The van der Waals surface area contributed by atoms with Gasteiger partial charge in [0.25, 0.3) is 0 Å². The van der Waals surface area contributed by atoms with Crippen molar-refractivity contribution in [3.8, 4) is 0 Å². The lowest BCUT2D eigenvalue weighted by Crippen LogP contribution is -2.48. The molecule has 1 fully saturated rings. The minimum absolute atomic E-state index is 0.0142. The molecular formula is C12H22N2O3. The molecule has 5 heteroatoms. The summed E-state index contributed by atoms with van der Waals surface area (Å²) in [6.07, 6.45) is 2.53. The predicted octanol–water partition coefficient (Wildman–Crippen LogP) is 0.699. The summed E-state index contributed by atoms with van der Waals surface area (Å²) in [4.78, 5) is 24.4. The number of hydrogen-bond acceptors (Lipinski definition) is 3. The fraction of sp³-hybridized carbons (Fsp3) is 0.833. The normalized spacial score (nSPS) is 18.7. The second-order valence-electron chi connectivity index (χ2n) is 4.75. The highest BCUT2D eigenvalue weighted by molar-refractivity contribution is 5.83. The van der Waals surface area contributed by atoms with Crippen LogP contribution in [0.2, 0.25) is 0 Å². The number of carbonyl (C=O) groups excluding carboxylic acids is 1. The van der Waals surface area contributed by atoms with Gasteiger partial charge < -0.3 is 15.3 Å². The minimum atomic E-state index is -0.861. The monoisotopic (exact) mass is 242 g/mol. The second-order valence-corrected chi connectivity index (χ2v) is 4.75. The van der Waals surface area contributed by atoms with E-state index in [0.717, 1.165) is 32.4 Å². The molecule has 0 aromatic carbocycles. The Bertz CT molecular complexity index is 285. The summed E-state index contributed by atoms with van der Waals surface area (Å²) in [5.74, 6) is -0.761. The van der Waals surface area contributed by atoms with Crippen LogP contribution in [0.5, 0.6) is 0 Å². The number of rotatable bonds is 5. The number of carboxylic acids is 1. The molecule has 5 nitrogen and oxygen atoms in total. The van der Waals surface area contributed by atoms with Crippen molar-refractivity contribution in [3.05, 3.63) is 0 Å². The lowest BCUT2D eigenvalue weighted by atomic mass is 9.75. The fourth-order valence-electron chi connectivity index (χ4n) is 2.39. The van der Waals surface area contributed by atoms with E-state index < -0.39 is 5.97 Å². The average Bonchev–Trinajstić information content (AvgIpc) is 2.35. The van der Waals surface area contributed by atoms with Crippen molar-refractivity contribution < 1.29 is 14.7 Å². The molecular weight excluding hydrogens is 220 g/mol. The lowest BCUT2D eigenvalue weighted by molar-refractivity contribution is -0.144. The van der Waals surface area contributed by atoms with Crippen LogP contribution in [0.3, 0.4) is 0 Å². The molecule has 0 aromatic heterocycles. The number of nitrogens with one attached hydrogen (secondary N) is 1. The smallest absolute Gasteiger partial charge is 0.305 e. The molecule has 1 saturated heterocycles. The molecule has 1 rings (SSSR count). The highest BCUT2D eigenvalue weighted by atomic mass is 16.4. The van der Waals surface area contributed by atoms with E-state index in [4.69, 9.17) is 5.11 Å². The van der Waals surface area contributed by atoms with Crippen LogP contribution in [0, 0.1) is 5.41 Å². The largest absolute Gasteiger partial charge is 0.481 e. The van der Waals surface area contributed by atoms with Crippen LogP contribution in [0.15, 0.2) is 0 Å². The molecule has 0 saturated carbocycles. The molecule has 1 aliphatic heterocycles. The first-order valence-electron chi connectivity index (χ1n) is 6.20. The Balaban J connectivity index is 2.61. The SMILES string of the molecule is CCC1(C(=O)N(C)CCC(=O)O)CCNCC1. The number of carbonyl (C=O) groups is 2. The highest BCUT2D eigenvalue weighted by Gasteiger charge is 2.39. The first kappa shape index (κ1) is 14.0. The van der Waals surface area contributed by atoms with Gasteiger partial charge in [0, 0.05) is 13.6 Å². The summed E-state index contributed by atoms with van der Waals surface area (Å²) in [5.41, 5.74) is -0.279. The molecule has 1 heterocycles. The van der Waals surface area contributed by atoms with E-state index in [9.17, 15) is 9.59 Å². The van der Waals surface area contributed by atoms with Crippen molar-refractivity contribution in [2.24, 2.45) is 5.41 Å². The van der Waals surface area contributed by atoms with Crippen LogP contribution in [-0.4, -0.2) is 48.6 Å². The van der Waals surface area contributed by atoms with Gasteiger partial charge in [0.05, 0.1) is 11.8 Å². The third kappa shape index (κ3) is 3.43. The maximum atomic E-state index is 12.4. The first-order valence-corrected chi connectivity index (χ1v) is 6.20. The zero-order chi connectivity index (χ0) is 12.9. The zero-order valence-corrected chi connectivity index (χ0v) is 10.7. The molecule has 1 aliphatic rings. The van der Waals surface area contributed by atoms with Crippen LogP contribution in [0.1, 0.15) is 32.6 Å². The van der Waals surface area contributed by atoms with Gasteiger partial charge in [-0.15, -0.1) is 0 Å². The average molecular weight is 242 g/mol. The van der Waals surface area contributed by atoms with Crippen LogP contribution >= 0.6 is 0 Å². The summed E-state index contributed by atoms with van der Waals surface area (Å²) in [6.45, 7) is 4.07. The standard InChI is InChI=1S/C12H22N2O3/c1-3-12(5-7-13-8-6-12)11(17)14(2)9-4-10(15)16/h13H,3-9H2,1-2H3,(H,15,16). The van der Waals surface area contributed by atoms with Gasteiger partial charge >= 0.3 is 5.97 Å². The van der Waals surface area contributed by atoms with Gasteiger partial charge in [-0.25, -0.2) is 0 Å². The Labute approximate surface area is 102 Å². The maximum Gasteiger partial charge on any atom is 0.305 e. The van der Waals surface area contributed by atoms with Gasteiger partial charge in [-0.1, -0.05) is 6.92 Å². The van der Waals surface area contributed by atoms with Crippen molar-refractivity contribution in [1.29, 1.82) is 0 Å². The molecule has 1 amide bonds. The molecule has 0 aromatic rings. The minimum Gasteiger partial charge on any atom is -0.481 e. The zero-order valence-electron chi connectivity index (χ0n) is 10.7. The van der Waals surface area contributed by atoms with Crippen LogP contribution < -0.4 is 5.32 Å². The number of carboxylic acid groups (broad SMARTS) is 1. The molecule has 0 aliphatic carbocycles. The van der Waals surface area contributed by atoms with Crippen LogP contribution in [0.4, 0.5) is 0 Å². The van der Waals surface area contributed by atoms with Crippen molar-refractivity contribution in [3.63, 3.8) is 0 Å². The van der Waals surface area contributed by atoms with E-state index >= 15 is 0 Å². The first-order chi connectivity index (χ1) is 8.02. The summed E-state index contributed by atoms with van der Waals surface area (Å²) >= 11 is 0.